The highest BCUT2D eigenvalue weighted by Crippen LogP contribution is 2.31. The average Bonchev–Trinajstić information content (AvgIpc) is 2.83. The zero-order valence-corrected chi connectivity index (χ0v) is 12.1. The van der Waals surface area contributed by atoms with Gasteiger partial charge in [-0.2, -0.15) is 18.3 Å². The molecule has 0 saturated heterocycles. The van der Waals surface area contributed by atoms with Gasteiger partial charge in [0, 0.05) is 7.05 Å². The molecule has 2 nitrogen and oxygen atoms in total. The molecule has 0 amide bonds. The van der Waals surface area contributed by atoms with E-state index < -0.39 is 11.9 Å². The summed E-state index contributed by atoms with van der Waals surface area (Å²) < 4.78 is 38.9. The summed E-state index contributed by atoms with van der Waals surface area (Å²) in [6.07, 6.45) is -3.50. The number of aryl methyl sites for hydroxylation is 2. The van der Waals surface area contributed by atoms with Crippen molar-refractivity contribution < 1.29 is 13.2 Å². The number of rotatable bonds is 2. The normalized spacial score (nSPS) is 10.9. The van der Waals surface area contributed by atoms with Crippen molar-refractivity contribution in [2.75, 3.05) is 0 Å². The van der Waals surface area contributed by atoms with Crippen LogP contribution in [-0.2, 0) is 19.6 Å². The summed E-state index contributed by atoms with van der Waals surface area (Å²) in [5.41, 5.74) is 1.49. The highest BCUT2D eigenvalue weighted by atomic mass is 19.4. The van der Waals surface area contributed by atoms with Gasteiger partial charge in [0.25, 0.3) is 0 Å². The molecule has 1 heterocycles. The third-order valence-electron chi connectivity index (χ3n) is 2.83. The van der Waals surface area contributed by atoms with Crippen LogP contribution in [0.1, 0.15) is 32.0 Å². The maximum atomic E-state index is 12.5. The van der Waals surface area contributed by atoms with E-state index in [0.29, 0.717) is 5.69 Å². The standard InChI is InChI=1S/C13H13F3N2.C2H6/c1-3-9-4-6-10(7-5-9)11-8-12(13(14,15)16)17-18(11)2;1-2/h4-8H,3H2,1-2H3;1-2H3. The van der Waals surface area contributed by atoms with E-state index in [2.05, 4.69) is 5.10 Å². The van der Waals surface area contributed by atoms with Crippen LogP contribution in [0, 0.1) is 0 Å². The van der Waals surface area contributed by atoms with E-state index in [9.17, 15) is 13.2 Å². The minimum atomic E-state index is -4.40. The fraction of sp³-hybridized carbons (Fsp3) is 0.400. The van der Waals surface area contributed by atoms with Crippen LogP contribution < -0.4 is 0 Å². The number of benzene rings is 1. The van der Waals surface area contributed by atoms with Crippen LogP contribution in [0.5, 0.6) is 0 Å². The summed E-state index contributed by atoms with van der Waals surface area (Å²) >= 11 is 0. The number of nitrogens with zero attached hydrogens (tertiary/aromatic N) is 2. The van der Waals surface area contributed by atoms with Crippen LogP contribution in [-0.4, -0.2) is 9.78 Å². The summed E-state index contributed by atoms with van der Waals surface area (Å²) in [6.45, 7) is 6.03. The molecular weight excluding hydrogens is 265 g/mol. The number of alkyl halides is 3. The van der Waals surface area contributed by atoms with Crippen LogP contribution in [0.3, 0.4) is 0 Å². The van der Waals surface area contributed by atoms with Gasteiger partial charge < -0.3 is 0 Å². The lowest BCUT2D eigenvalue weighted by molar-refractivity contribution is -0.141. The molecule has 0 bridgehead atoms. The van der Waals surface area contributed by atoms with Crippen LogP contribution in [0.4, 0.5) is 13.2 Å². The highest BCUT2D eigenvalue weighted by Gasteiger charge is 2.34. The van der Waals surface area contributed by atoms with Crippen LogP contribution >= 0.6 is 0 Å². The van der Waals surface area contributed by atoms with E-state index in [1.54, 1.807) is 0 Å². The quantitative estimate of drug-likeness (QED) is 0.782. The zero-order valence-electron chi connectivity index (χ0n) is 12.1. The van der Waals surface area contributed by atoms with Gasteiger partial charge in [0.2, 0.25) is 0 Å². The summed E-state index contributed by atoms with van der Waals surface area (Å²) in [5, 5.41) is 3.49. The van der Waals surface area contributed by atoms with Crippen molar-refractivity contribution >= 4 is 0 Å². The molecule has 0 radical (unpaired) electrons. The smallest absolute Gasteiger partial charge is 0.267 e. The molecule has 1 aromatic carbocycles. The Labute approximate surface area is 117 Å². The molecule has 0 aliphatic heterocycles. The lowest BCUT2D eigenvalue weighted by atomic mass is 10.1. The Morgan fingerprint density at radius 3 is 2.05 bits per heavy atom. The van der Waals surface area contributed by atoms with E-state index >= 15 is 0 Å². The fourth-order valence-electron chi connectivity index (χ4n) is 1.79. The Kier molecular flexibility index (Phi) is 5.36. The Balaban J connectivity index is 0.000000956. The first-order chi connectivity index (χ1) is 9.41. The molecule has 0 aliphatic carbocycles. The molecule has 1 aromatic heterocycles. The topological polar surface area (TPSA) is 17.8 Å². The van der Waals surface area contributed by atoms with Crippen LogP contribution in [0.25, 0.3) is 11.3 Å². The molecule has 0 aliphatic rings. The second kappa shape index (κ2) is 6.59. The SMILES string of the molecule is CC.CCc1ccc(-c2cc(C(F)(F)F)nn2C)cc1. The summed E-state index contributed by atoms with van der Waals surface area (Å²) in [7, 11) is 1.51. The first-order valence-electron chi connectivity index (χ1n) is 6.62. The number of aromatic nitrogens is 2. The average molecular weight is 284 g/mol. The molecule has 20 heavy (non-hydrogen) atoms. The van der Waals surface area contributed by atoms with Gasteiger partial charge >= 0.3 is 6.18 Å². The lowest BCUT2D eigenvalue weighted by Crippen LogP contribution is -2.06. The number of hydrogen-bond donors (Lipinski definition) is 0. The Morgan fingerprint density at radius 1 is 1.10 bits per heavy atom. The highest BCUT2D eigenvalue weighted by molar-refractivity contribution is 5.60. The second-order valence-corrected chi connectivity index (χ2v) is 4.09. The van der Waals surface area contributed by atoms with Crippen LogP contribution in [0.15, 0.2) is 30.3 Å². The van der Waals surface area contributed by atoms with E-state index in [4.69, 9.17) is 0 Å². The van der Waals surface area contributed by atoms with Crippen molar-refractivity contribution in [1.29, 1.82) is 0 Å². The molecule has 2 aromatic rings. The monoisotopic (exact) mass is 284 g/mol. The van der Waals surface area contributed by atoms with Crippen molar-refractivity contribution in [2.45, 2.75) is 33.4 Å². The van der Waals surface area contributed by atoms with Crippen molar-refractivity contribution in [2.24, 2.45) is 7.05 Å². The molecule has 0 unspecified atom stereocenters. The Bertz CT molecular complexity index is 539. The van der Waals surface area contributed by atoms with Gasteiger partial charge in [-0.05, 0) is 23.6 Å². The molecular formula is C15H19F3N2. The van der Waals surface area contributed by atoms with Crippen molar-refractivity contribution in [3.05, 3.63) is 41.6 Å². The van der Waals surface area contributed by atoms with Gasteiger partial charge in [-0.15, -0.1) is 0 Å². The maximum absolute atomic E-state index is 12.5. The van der Waals surface area contributed by atoms with Gasteiger partial charge in [0.05, 0.1) is 5.69 Å². The zero-order chi connectivity index (χ0) is 15.3. The van der Waals surface area contributed by atoms with E-state index in [-0.39, 0.29) is 0 Å². The predicted octanol–water partition coefficient (Wildman–Crippen LogP) is 4.69. The predicted molar refractivity (Wildman–Crippen MR) is 74.4 cm³/mol. The van der Waals surface area contributed by atoms with Gasteiger partial charge in [0.1, 0.15) is 0 Å². The molecule has 0 N–H and O–H groups in total. The lowest BCUT2D eigenvalue weighted by Gasteiger charge is -2.02. The molecule has 2 rings (SSSR count). The molecule has 0 atom stereocenters. The van der Waals surface area contributed by atoms with Gasteiger partial charge in [0.15, 0.2) is 5.69 Å². The molecule has 0 spiro atoms. The summed E-state index contributed by atoms with van der Waals surface area (Å²) in [6, 6.07) is 8.53. The maximum Gasteiger partial charge on any atom is 0.435 e. The molecule has 0 fully saturated rings. The largest absolute Gasteiger partial charge is 0.435 e. The van der Waals surface area contributed by atoms with E-state index in [1.165, 1.54) is 11.7 Å². The van der Waals surface area contributed by atoms with E-state index in [0.717, 1.165) is 23.6 Å². The third-order valence-corrected chi connectivity index (χ3v) is 2.83. The summed E-state index contributed by atoms with van der Waals surface area (Å²) in [4.78, 5) is 0. The van der Waals surface area contributed by atoms with Crippen molar-refractivity contribution in [3.8, 4) is 11.3 Å². The van der Waals surface area contributed by atoms with Crippen molar-refractivity contribution in [3.63, 3.8) is 0 Å². The minimum absolute atomic E-state index is 0.463. The van der Waals surface area contributed by atoms with Gasteiger partial charge in [-0.25, -0.2) is 0 Å². The first-order valence-corrected chi connectivity index (χ1v) is 6.62. The second-order valence-electron chi connectivity index (χ2n) is 4.09. The fourth-order valence-corrected chi connectivity index (χ4v) is 1.79. The molecule has 0 saturated carbocycles. The molecule has 5 heteroatoms. The van der Waals surface area contributed by atoms with E-state index in [1.807, 2.05) is 45.0 Å². The summed E-state index contributed by atoms with van der Waals surface area (Å²) in [5.74, 6) is 0. The van der Waals surface area contributed by atoms with Gasteiger partial charge in [-0.1, -0.05) is 45.0 Å². The van der Waals surface area contributed by atoms with Gasteiger partial charge in [-0.3, -0.25) is 4.68 Å². The molecule has 110 valence electrons. The van der Waals surface area contributed by atoms with Crippen LogP contribution in [0.2, 0.25) is 0 Å². The Hall–Kier alpha value is -1.78. The number of hydrogen-bond acceptors (Lipinski definition) is 1. The first kappa shape index (κ1) is 16.3. The third kappa shape index (κ3) is 3.62. The minimum Gasteiger partial charge on any atom is -0.267 e. The van der Waals surface area contributed by atoms with Crippen molar-refractivity contribution in [1.82, 2.24) is 9.78 Å². The number of halogens is 3. The Morgan fingerprint density at radius 2 is 1.65 bits per heavy atom.